The second-order valence-electron chi connectivity index (χ2n) is 9.37. The first-order chi connectivity index (χ1) is 17.7. The van der Waals surface area contributed by atoms with Crippen LogP contribution in [-0.2, 0) is 4.79 Å². The van der Waals surface area contributed by atoms with Crippen LogP contribution >= 0.6 is 15.8 Å². The molecule has 0 N–H and O–H groups in total. The molecule has 0 saturated carbocycles. The van der Waals surface area contributed by atoms with E-state index >= 15 is 0 Å². The standard InChI is InChI=1S/C32H33NOP2/c1-26-14-11-12-22-31(26)36(30-20-9-4-10-21-30)25-32(34)33-23-13-15-27(33)24-35(28-16-5-2-6-17-28)29-18-7-3-8-19-29/h2-12,14,16-22,27H,13,15,23-25H2,1H3/t27-,36?/m0/s1. The van der Waals surface area contributed by atoms with E-state index in [1.54, 1.807) is 0 Å². The Morgan fingerprint density at radius 1 is 0.722 bits per heavy atom. The molecule has 2 atom stereocenters. The lowest BCUT2D eigenvalue weighted by atomic mass is 10.2. The van der Waals surface area contributed by atoms with Gasteiger partial charge in [0.25, 0.3) is 0 Å². The number of benzene rings is 4. The third-order valence-corrected chi connectivity index (χ3v) is 12.2. The molecule has 36 heavy (non-hydrogen) atoms. The maximum absolute atomic E-state index is 13.9. The average molecular weight is 510 g/mol. The number of rotatable bonds is 8. The summed E-state index contributed by atoms with van der Waals surface area (Å²) in [6.07, 6.45) is 3.80. The zero-order valence-electron chi connectivity index (χ0n) is 20.8. The van der Waals surface area contributed by atoms with Crippen LogP contribution in [0.25, 0.3) is 0 Å². The molecule has 1 aliphatic heterocycles. The summed E-state index contributed by atoms with van der Waals surface area (Å²) >= 11 is 0. The van der Waals surface area contributed by atoms with Crippen molar-refractivity contribution in [1.82, 2.24) is 4.90 Å². The van der Waals surface area contributed by atoms with Gasteiger partial charge in [0.2, 0.25) is 5.91 Å². The zero-order chi connectivity index (χ0) is 24.7. The van der Waals surface area contributed by atoms with Gasteiger partial charge < -0.3 is 4.90 Å². The molecular formula is C32H33NOP2. The molecule has 4 heteroatoms. The topological polar surface area (TPSA) is 20.3 Å². The quantitative estimate of drug-likeness (QED) is 0.285. The SMILES string of the molecule is Cc1ccccc1P(CC(=O)N1CCC[C@H]1CP(c1ccccc1)c1ccccc1)c1ccccc1. The maximum Gasteiger partial charge on any atom is 0.227 e. The molecule has 0 bridgehead atoms. The normalized spacial score (nSPS) is 16.3. The summed E-state index contributed by atoms with van der Waals surface area (Å²) in [5, 5.41) is 5.38. The molecule has 1 aliphatic rings. The largest absolute Gasteiger partial charge is 0.339 e. The molecule has 4 aromatic carbocycles. The number of hydrogen-bond donors (Lipinski definition) is 0. The van der Waals surface area contributed by atoms with Crippen LogP contribution in [0, 0.1) is 6.92 Å². The first kappa shape index (κ1) is 24.9. The van der Waals surface area contributed by atoms with E-state index in [4.69, 9.17) is 0 Å². The van der Waals surface area contributed by atoms with E-state index in [2.05, 4.69) is 127 Å². The van der Waals surface area contributed by atoms with Crippen molar-refractivity contribution in [3.05, 3.63) is 121 Å². The Labute approximate surface area is 217 Å². The van der Waals surface area contributed by atoms with Crippen molar-refractivity contribution in [2.24, 2.45) is 0 Å². The Bertz CT molecular complexity index is 1220. The Hall–Kier alpha value is -2.79. The minimum absolute atomic E-state index is 0.300. The molecule has 2 nitrogen and oxygen atoms in total. The Morgan fingerprint density at radius 2 is 1.22 bits per heavy atom. The fourth-order valence-electron chi connectivity index (χ4n) is 5.16. The molecular weight excluding hydrogens is 476 g/mol. The molecule has 0 aliphatic carbocycles. The molecule has 5 rings (SSSR count). The fourth-order valence-corrected chi connectivity index (χ4v) is 10.1. The van der Waals surface area contributed by atoms with Crippen LogP contribution in [0.15, 0.2) is 115 Å². The van der Waals surface area contributed by atoms with Gasteiger partial charge in [0.1, 0.15) is 0 Å². The smallest absolute Gasteiger partial charge is 0.227 e. The van der Waals surface area contributed by atoms with E-state index in [0.29, 0.717) is 18.1 Å². The van der Waals surface area contributed by atoms with Crippen LogP contribution in [0.3, 0.4) is 0 Å². The number of nitrogens with zero attached hydrogens (tertiary/aromatic N) is 1. The summed E-state index contributed by atoms with van der Waals surface area (Å²) in [5.74, 6) is 0.312. The van der Waals surface area contributed by atoms with E-state index in [-0.39, 0.29) is 0 Å². The molecule has 0 spiro atoms. The van der Waals surface area contributed by atoms with Crippen LogP contribution < -0.4 is 21.2 Å². The highest BCUT2D eigenvalue weighted by molar-refractivity contribution is 7.74. The third-order valence-electron chi connectivity index (χ3n) is 6.99. The van der Waals surface area contributed by atoms with E-state index < -0.39 is 15.8 Å². The lowest BCUT2D eigenvalue weighted by Crippen LogP contribution is -2.40. The van der Waals surface area contributed by atoms with Gasteiger partial charge in [-0.3, -0.25) is 4.79 Å². The lowest BCUT2D eigenvalue weighted by molar-refractivity contribution is -0.128. The monoisotopic (exact) mass is 509 g/mol. The second-order valence-corrected chi connectivity index (χ2v) is 13.8. The van der Waals surface area contributed by atoms with Gasteiger partial charge in [-0.2, -0.15) is 0 Å². The van der Waals surface area contributed by atoms with Gasteiger partial charge in [-0.05, 0) is 68.6 Å². The summed E-state index contributed by atoms with van der Waals surface area (Å²) in [4.78, 5) is 16.1. The van der Waals surface area contributed by atoms with Gasteiger partial charge in [-0.15, -0.1) is 0 Å². The molecule has 1 fully saturated rings. The second kappa shape index (κ2) is 12.0. The highest BCUT2D eigenvalue weighted by Crippen LogP contribution is 2.40. The van der Waals surface area contributed by atoms with Gasteiger partial charge in [-0.25, -0.2) is 0 Å². The minimum atomic E-state index is -0.740. The van der Waals surface area contributed by atoms with Crippen LogP contribution in [0.1, 0.15) is 18.4 Å². The molecule has 1 unspecified atom stereocenters. The predicted molar refractivity (Wildman–Crippen MR) is 157 cm³/mol. The van der Waals surface area contributed by atoms with Crippen LogP contribution in [0.4, 0.5) is 0 Å². The van der Waals surface area contributed by atoms with Gasteiger partial charge >= 0.3 is 0 Å². The van der Waals surface area contributed by atoms with Crippen molar-refractivity contribution in [2.45, 2.75) is 25.8 Å². The Kier molecular flexibility index (Phi) is 8.27. The van der Waals surface area contributed by atoms with Crippen LogP contribution in [0.2, 0.25) is 0 Å². The minimum Gasteiger partial charge on any atom is -0.339 e. The fraction of sp³-hybridized carbons (Fsp3) is 0.219. The predicted octanol–water partition coefficient (Wildman–Crippen LogP) is 5.55. The molecule has 0 radical (unpaired) electrons. The summed E-state index contributed by atoms with van der Waals surface area (Å²) < 4.78 is 0. The molecule has 1 heterocycles. The van der Waals surface area contributed by atoms with E-state index in [1.165, 1.54) is 26.8 Å². The highest BCUT2D eigenvalue weighted by Gasteiger charge is 2.33. The first-order valence-corrected chi connectivity index (χ1v) is 15.8. The van der Waals surface area contributed by atoms with Crippen LogP contribution in [0.5, 0.6) is 0 Å². The summed E-state index contributed by atoms with van der Waals surface area (Å²) in [5.41, 5.74) is 1.27. The number of aryl methyl sites for hydroxylation is 1. The van der Waals surface area contributed by atoms with Gasteiger partial charge in [-0.1, -0.05) is 115 Å². The molecule has 0 aromatic heterocycles. The van der Waals surface area contributed by atoms with Crippen molar-refractivity contribution >= 4 is 43.0 Å². The van der Waals surface area contributed by atoms with E-state index in [9.17, 15) is 4.79 Å². The van der Waals surface area contributed by atoms with Crippen molar-refractivity contribution in [3.8, 4) is 0 Å². The van der Waals surface area contributed by atoms with Crippen molar-refractivity contribution in [1.29, 1.82) is 0 Å². The Morgan fingerprint density at radius 3 is 1.78 bits per heavy atom. The van der Waals surface area contributed by atoms with Crippen molar-refractivity contribution in [3.63, 3.8) is 0 Å². The third kappa shape index (κ3) is 5.78. The van der Waals surface area contributed by atoms with Crippen LogP contribution in [-0.4, -0.2) is 35.7 Å². The molecule has 1 saturated heterocycles. The molecule has 4 aromatic rings. The lowest BCUT2D eigenvalue weighted by Gasteiger charge is -2.31. The van der Waals surface area contributed by atoms with Gasteiger partial charge in [0.05, 0.1) is 6.16 Å². The maximum atomic E-state index is 13.9. The summed E-state index contributed by atoms with van der Waals surface area (Å²) in [6, 6.07) is 41.3. The van der Waals surface area contributed by atoms with Gasteiger partial charge in [0, 0.05) is 12.6 Å². The molecule has 182 valence electrons. The first-order valence-electron chi connectivity index (χ1n) is 12.8. The zero-order valence-corrected chi connectivity index (χ0v) is 22.6. The number of carbonyl (C=O) groups excluding carboxylic acids is 1. The highest BCUT2D eigenvalue weighted by atomic mass is 31.1. The van der Waals surface area contributed by atoms with E-state index in [1.807, 2.05) is 0 Å². The summed E-state index contributed by atoms with van der Waals surface area (Å²) in [6.45, 7) is 3.05. The number of hydrogen-bond acceptors (Lipinski definition) is 1. The van der Waals surface area contributed by atoms with Crippen molar-refractivity contribution in [2.75, 3.05) is 18.9 Å². The number of amides is 1. The number of likely N-dealkylation sites (tertiary alicyclic amines) is 1. The number of carbonyl (C=O) groups is 1. The summed E-state index contributed by atoms with van der Waals surface area (Å²) in [7, 11) is -1.26. The van der Waals surface area contributed by atoms with Crippen molar-refractivity contribution < 1.29 is 4.79 Å². The van der Waals surface area contributed by atoms with Gasteiger partial charge in [0.15, 0.2) is 0 Å². The molecule has 1 amide bonds. The Balaban J connectivity index is 1.39. The average Bonchev–Trinajstić information content (AvgIpc) is 3.41. The van der Waals surface area contributed by atoms with E-state index in [0.717, 1.165) is 25.5 Å².